The van der Waals surface area contributed by atoms with Crippen molar-refractivity contribution in [3.63, 3.8) is 0 Å². The molecule has 2 fully saturated rings. The van der Waals surface area contributed by atoms with Crippen molar-refractivity contribution in [2.75, 3.05) is 13.1 Å². The number of pyridine rings is 1. The first-order valence-corrected chi connectivity index (χ1v) is 7.71. The van der Waals surface area contributed by atoms with Crippen LogP contribution in [0.15, 0.2) is 18.3 Å². The fourth-order valence-electron chi connectivity index (χ4n) is 3.14. The zero-order chi connectivity index (χ0) is 14.7. The maximum absolute atomic E-state index is 11.8. The SMILES string of the molecule is O=C1CCC(Cc2ccc(C3CCNCC3)cn2)C(=O)N1. The van der Waals surface area contributed by atoms with Gasteiger partial charge in [0.25, 0.3) is 0 Å². The van der Waals surface area contributed by atoms with Gasteiger partial charge in [-0.05, 0) is 49.9 Å². The molecule has 3 heterocycles. The molecule has 0 bridgehead atoms. The van der Waals surface area contributed by atoms with Crippen molar-refractivity contribution in [3.05, 3.63) is 29.6 Å². The van der Waals surface area contributed by atoms with Gasteiger partial charge >= 0.3 is 0 Å². The number of hydrogen-bond acceptors (Lipinski definition) is 4. The minimum atomic E-state index is -0.162. The molecule has 0 radical (unpaired) electrons. The summed E-state index contributed by atoms with van der Waals surface area (Å²) in [7, 11) is 0. The lowest BCUT2D eigenvalue weighted by atomic mass is 9.90. The highest BCUT2D eigenvalue weighted by atomic mass is 16.2. The summed E-state index contributed by atoms with van der Waals surface area (Å²) in [6.07, 6.45) is 5.96. The maximum atomic E-state index is 11.8. The first kappa shape index (κ1) is 14.2. The van der Waals surface area contributed by atoms with E-state index in [1.807, 2.05) is 12.3 Å². The smallest absolute Gasteiger partial charge is 0.230 e. The van der Waals surface area contributed by atoms with E-state index in [0.29, 0.717) is 25.2 Å². The van der Waals surface area contributed by atoms with Crippen LogP contribution in [0.4, 0.5) is 0 Å². The lowest BCUT2D eigenvalue weighted by Crippen LogP contribution is -2.41. The van der Waals surface area contributed by atoms with Crippen LogP contribution in [0, 0.1) is 5.92 Å². The summed E-state index contributed by atoms with van der Waals surface area (Å²) in [5, 5.41) is 5.77. The van der Waals surface area contributed by atoms with Gasteiger partial charge in [-0.15, -0.1) is 0 Å². The third kappa shape index (κ3) is 3.47. The number of hydrogen-bond donors (Lipinski definition) is 2. The second-order valence-corrected chi connectivity index (χ2v) is 5.96. The Bertz CT molecular complexity index is 521. The molecule has 0 saturated carbocycles. The van der Waals surface area contributed by atoms with Crippen molar-refractivity contribution in [2.24, 2.45) is 5.92 Å². The van der Waals surface area contributed by atoms with Gasteiger partial charge in [0.05, 0.1) is 0 Å². The molecule has 1 unspecified atom stereocenters. The maximum Gasteiger partial charge on any atom is 0.230 e. The van der Waals surface area contributed by atoms with Crippen molar-refractivity contribution in [1.29, 1.82) is 0 Å². The van der Waals surface area contributed by atoms with Gasteiger partial charge in [0, 0.05) is 30.7 Å². The summed E-state index contributed by atoms with van der Waals surface area (Å²) in [6.45, 7) is 2.14. The molecule has 2 aliphatic heterocycles. The van der Waals surface area contributed by atoms with E-state index >= 15 is 0 Å². The molecule has 5 heteroatoms. The molecule has 5 nitrogen and oxygen atoms in total. The molecule has 21 heavy (non-hydrogen) atoms. The molecule has 0 aliphatic carbocycles. The van der Waals surface area contributed by atoms with Crippen molar-refractivity contribution in [2.45, 2.75) is 38.0 Å². The van der Waals surface area contributed by atoms with Crippen molar-refractivity contribution in [3.8, 4) is 0 Å². The third-order valence-corrected chi connectivity index (χ3v) is 4.47. The van der Waals surface area contributed by atoms with Crippen LogP contribution in [0.1, 0.15) is 42.9 Å². The largest absolute Gasteiger partial charge is 0.317 e. The Morgan fingerprint density at radius 1 is 1.14 bits per heavy atom. The van der Waals surface area contributed by atoms with Crippen LogP contribution in [0.25, 0.3) is 0 Å². The normalized spacial score (nSPS) is 23.9. The Hall–Kier alpha value is -1.75. The molecule has 2 saturated heterocycles. The number of carbonyl (C=O) groups is 2. The monoisotopic (exact) mass is 287 g/mol. The number of nitrogens with zero attached hydrogens (tertiary/aromatic N) is 1. The van der Waals surface area contributed by atoms with Crippen LogP contribution in [-0.2, 0) is 16.0 Å². The van der Waals surface area contributed by atoms with E-state index < -0.39 is 0 Å². The second kappa shape index (κ2) is 6.35. The fourth-order valence-corrected chi connectivity index (χ4v) is 3.14. The van der Waals surface area contributed by atoms with Gasteiger partial charge in [-0.1, -0.05) is 6.07 Å². The Morgan fingerprint density at radius 3 is 2.62 bits per heavy atom. The topological polar surface area (TPSA) is 71.1 Å². The van der Waals surface area contributed by atoms with E-state index in [2.05, 4.69) is 21.7 Å². The molecule has 2 aliphatic rings. The highest BCUT2D eigenvalue weighted by Crippen LogP contribution is 2.25. The lowest BCUT2D eigenvalue weighted by molar-refractivity contribution is -0.136. The number of rotatable bonds is 3. The molecule has 2 N–H and O–H groups in total. The van der Waals surface area contributed by atoms with Crippen LogP contribution in [-0.4, -0.2) is 29.9 Å². The van der Waals surface area contributed by atoms with E-state index in [9.17, 15) is 9.59 Å². The van der Waals surface area contributed by atoms with Gasteiger partial charge in [-0.3, -0.25) is 19.9 Å². The predicted molar refractivity (Wildman–Crippen MR) is 78.7 cm³/mol. The molecule has 1 atom stereocenters. The highest BCUT2D eigenvalue weighted by molar-refractivity contribution is 5.98. The first-order chi connectivity index (χ1) is 10.2. The number of nitrogens with one attached hydrogen (secondary N) is 2. The van der Waals surface area contributed by atoms with Crippen LogP contribution in [0.5, 0.6) is 0 Å². The Balaban J connectivity index is 1.61. The summed E-state index contributed by atoms with van der Waals surface area (Å²) in [5.41, 5.74) is 2.23. The number of amides is 2. The van der Waals surface area contributed by atoms with Gasteiger partial charge in [0.15, 0.2) is 0 Å². The number of imide groups is 1. The Morgan fingerprint density at radius 2 is 1.95 bits per heavy atom. The van der Waals surface area contributed by atoms with E-state index in [-0.39, 0.29) is 17.7 Å². The number of carbonyl (C=O) groups excluding carboxylic acids is 2. The molecule has 3 rings (SSSR count). The van der Waals surface area contributed by atoms with Crippen LogP contribution in [0.3, 0.4) is 0 Å². The molecule has 0 aromatic carbocycles. The molecule has 1 aromatic rings. The highest BCUT2D eigenvalue weighted by Gasteiger charge is 2.27. The van der Waals surface area contributed by atoms with Crippen molar-refractivity contribution < 1.29 is 9.59 Å². The van der Waals surface area contributed by atoms with Gasteiger partial charge in [-0.2, -0.15) is 0 Å². The quantitative estimate of drug-likeness (QED) is 0.818. The van der Waals surface area contributed by atoms with E-state index in [0.717, 1.165) is 31.6 Å². The zero-order valence-corrected chi connectivity index (χ0v) is 12.1. The summed E-state index contributed by atoms with van der Waals surface area (Å²) in [4.78, 5) is 27.4. The first-order valence-electron chi connectivity index (χ1n) is 7.71. The average molecular weight is 287 g/mol. The van der Waals surface area contributed by atoms with Gasteiger partial charge in [0.2, 0.25) is 11.8 Å². The van der Waals surface area contributed by atoms with Crippen LogP contribution < -0.4 is 10.6 Å². The van der Waals surface area contributed by atoms with Gasteiger partial charge in [-0.25, -0.2) is 0 Å². The van der Waals surface area contributed by atoms with E-state index in [1.165, 1.54) is 5.56 Å². The summed E-state index contributed by atoms with van der Waals surface area (Å²) in [5.74, 6) is 0.157. The predicted octanol–water partition coefficient (Wildman–Crippen LogP) is 1.14. The molecule has 1 aromatic heterocycles. The number of piperidine rings is 2. The summed E-state index contributed by atoms with van der Waals surface area (Å²) >= 11 is 0. The van der Waals surface area contributed by atoms with E-state index in [1.54, 1.807) is 0 Å². The molecule has 112 valence electrons. The molecular weight excluding hydrogens is 266 g/mol. The van der Waals surface area contributed by atoms with Crippen LogP contribution in [0.2, 0.25) is 0 Å². The van der Waals surface area contributed by atoms with Crippen molar-refractivity contribution in [1.82, 2.24) is 15.6 Å². The van der Waals surface area contributed by atoms with Gasteiger partial charge < -0.3 is 5.32 Å². The minimum Gasteiger partial charge on any atom is -0.317 e. The minimum absolute atomic E-state index is 0.125. The Kier molecular flexibility index (Phi) is 4.29. The van der Waals surface area contributed by atoms with Gasteiger partial charge in [0.1, 0.15) is 0 Å². The molecule has 2 amide bonds. The van der Waals surface area contributed by atoms with E-state index in [4.69, 9.17) is 0 Å². The second-order valence-electron chi connectivity index (χ2n) is 5.96. The van der Waals surface area contributed by atoms with Crippen LogP contribution >= 0.6 is 0 Å². The lowest BCUT2D eigenvalue weighted by Gasteiger charge is -2.23. The molecule has 0 spiro atoms. The van der Waals surface area contributed by atoms with Crippen molar-refractivity contribution >= 4 is 11.8 Å². The standard InChI is InChI=1S/C16H21N3O2/c20-15-4-2-12(16(21)19-15)9-14-3-1-13(10-18-14)11-5-7-17-8-6-11/h1,3,10-12,17H,2,4-9H2,(H,19,20,21). The fraction of sp³-hybridized carbons (Fsp3) is 0.562. The molecular formula is C16H21N3O2. The summed E-state index contributed by atoms with van der Waals surface area (Å²) in [6, 6.07) is 4.17. The Labute approximate surface area is 124 Å². The zero-order valence-electron chi connectivity index (χ0n) is 12.1. The average Bonchev–Trinajstić information content (AvgIpc) is 2.52. The third-order valence-electron chi connectivity index (χ3n) is 4.47. The number of aromatic nitrogens is 1. The summed E-state index contributed by atoms with van der Waals surface area (Å²) < 4.78 is 0.